The fraction of sp³-hybridized carbons (Fsp3) is 0.611. The Balaban J connectivity index is 2.27. The van der Waals surface area contributed by atoms with Gasteiger partial charge in [0, 0.05) is 30.7 Å². The summed E-state index contributed by atoms with van der Waals surface area (Å²) >= 11 is 0. The van der Waals surface area contributed by atoms with Gasteiger partial charge in [0.15, 0.2) is 0 Å². The number of carbonyl (C=O) groups is 1. The van der Waals surface area contributed by atoms with E-state index in [-0.39, 0.29) is 35.2 Å². The Bertz CT molecular complexity index is 756. The van der Waals surface area contributed by atoms with E-state index < -0.39 is 15.6 Å². The summed E-state index contributed by atoms with van der Waals surface area (Å²) in [6, 6.07) is 4.40. The highest BCUT2D eigenvalue weighted by atomic mass is 32.2. The van der Waals surface area contributed by atoms with Gasteiger partial charge in [-0.2, -0.15) is 4.31 Å². The monoisotopic (exact) mass is 399 g/mol. The van der Waals surface area contributed by atoms with Crippen molar-refractivity contribution in [1.29, 1.82) is 0 Å². The highest BCUT2D eigenvalue weighted by Crippen LogP contribution is 2.28. The largest absolute Gasteiger partial charge is 0.495 e. The zero-order valence-electron chi connectivity index (χ0n) is 16.2. The second-order valence-corrected chi connectivity index (χ2v) is 8.54. The number of carbonyl (C=O) groups excluding carboxylic acids is 1. The molecular weight excluding hydrogens is 370 g/mol. The Kier molecular flexibility index (Phi) is 7.21. The molecule has 0 radical (unpaired) electrons. The van der Waals surface area contributed by atoms with Crippen LogP contribution < -0.4 is 15.8 Å². The van der Waals surface area contributed by atoms with Gasteiger partial charge in [0.25, 0.3) is 5.91 Å². The smallest absolute Gasteiger partial charge is 0.251 e. The number of benzene rings is 1. The van der Waals surface area contributed by atoms with Gasteiger partial charge in [0.05, 0.1) is 20.3 Å². The minimum Gasteiger partial charge on any atom is -0.495 e. The second kappa shape index (κ2) is 9.01. The van der Waals surface area contributed by atoms with Gasteiger partial charge in [-0.05, 0) is 31.0 Å². The number of sulfonamides is 1. The van der Waals surface area contributed by atoms with E-state index >= 15 is 0 Å². The van der Waals surface area contributed by atoms with Crippen LogP contribution in [0.2, 0.25) is 0 Å². The molecule has 1 aliphatic heterocycles. The van der Waals surface area contributed by atoms with Gasteiger partial charge in [-0.25, -0.2) is 8.42 Å². The van der Waals surface area contributed by atoms with Crippen LogP contribution in [-0.2, 0) is 14.8 Å². The lowest BCUT2D eigenvalue weighted by Crippen LogP contribution is -2.49. The maximum Gasteiger partial charge on any atom is 0.251 e. The van der Waals surface area contributed by atoms with Crippen LogP contribution in [0.1, 0.15) is 37.0 Å². The lowest BCUT2D eigenvalue weighted by atomic mass is 9.94. The summed E-state index contributed by atoms with van der Waals surface area (Å²) in [5.74, 6) is -0.166. The molecule has 0 unspecified atom stereocenters. The van der Waals surface area contributed by atoms with Gasteiger partial charge < -0.3 is 20.5 Å². The van der Waals surface area contributed by atoms with Crippen LogP contribution >= 0.6 is 0 Å². The molecule has 8 nitrogen and oxygen atoms in total. The molecule has 1 amide bonds. The molecule has 2 rings (SSSR count). The highest BCUT2D eigenvalue weighted by Gasteiger charge is 2.30. The van der Waals surface area contributed by atoms with Crippen molar-refractivity contribution < 1.29 is 22.7 Å². The number of nitrogens with zero attached hydrogens (tertiary/aromatic N) is 1. The van der Waals surface area contributed by atoms with Crippen molar-refractivity contribution in [3.05, 3.63) is 23.8 Å². The maximum atomic E-state index is 13.0. The van der Waals surface area contributed by atoms with Crippen LogP contribution in [0.4, 0.5) is 0 Å². The van der Waals surface area contributed by atoms with Crippen LogP contribution in [0, 0.1) is 0 Å². The number of amides is 1. The normalized spacial score (nSPS) is 16.1. The summed E-state index contributed by atoms with van der Waals surface area (Å²) in [5, 5.41) is 2.80. The van der Waals surface area contributed by atoms with E-state index in [9.17, 15) is 13.2 Å². The first-order valence-electron chi connectivity index (χ1n) is 9.10. The van der Waals surface area contributed by atoms with Crippen molar-refractivity contribution in [3.63, 3.8) is 0 Å². The van der Waals surface area contributed by atoms with E-state index in [1.54, 1.807) is 6.07 Å². The summed E-state index contributed by atoms with van der Waals surface area (Å²) in [6.07, 6.45) is 1.45. The minimum atomic E-state index is -3.79. The first-order chi connectivity index (χ1) is 12.8. The van der Waals surface area contributed by atoms with Crippen LogP contribution in [0.3, 0.4) is 0 Å². The van der Waals surface area contributed by atoms with E-state index in [0.717, 1.165) is 12.8 Å². The van der Waals surface area contributed by atoms with Crippen molar-refractivity contribution in [2.24, 2.45) is 5.73 Å². The van der Waals surface area contributed by atoms with E-state index in [1.165, 1.54) is 23.5 Å². The van der Waals surface area contributed by atoms with Gasteiger partial charge in [-0.1, -0.05) is 13.8 Å². The van der Waals surface area contributed by atoms with Crippen molar-refractivity contribution >= 4 is 15.9 Å². The molecule has 27 heavy (non-hydrogen) atoms. The summed E-state index contributed by atoms with van der Waals surface area (Å²) in [6.45, 7) is 5.47. The third kappa shape index (κ3) is 4.98. The van der Waals surface area contributed by atoms with Crippen molar-refractivity contribution in [2.75, 3.05) is 40.0 Å². The van der Waals surface area contributed by atoms with Crippen molar-refractivity contribution in [3.8, 4) is 5.75 Å². The van der Waals surface area contributed by atoms with Crippen LogP contribution in [0.15, 0.2) is 23.1 Å². The van der Waals surface area contributed by atoms with E-state index in [1.807, 2.05) is 13.8 Å². The molecule has 0 aromatic heterocycles. The second-order valence-electron chi connectivity index (χ2n) is 6.63. The van der Waals surface area contributed by atoms with Gasteiger partial charge in [0.1, 0.15) is 10.6 Å². The van der Waals surface area contributed by atoms with Crippen molar-refractivity contribution in [1.82, 2.24) is 9.62 Å². The molecule has 1 saturated heterocycles. The van der Waals surface area contributed by atoms with E-state index in [0.29, 0.717) is 19.8 Å². The number of ether oxygens (including phenoxy) is 2. The van der Waals surface area contributed by atoms with Crippen LogP contribution in [-0.4, -0.2) is 64.1 Å². The number of morpholine rings is 1. The van der Waals surface area contributed by atoms with Gasteiger partial charge >= 0.3 is 0 Å². The molecule has 0 bridgehead atoms. The summed E-state index contributed by atoms with van der Waals surface area (Å²) in [5.41, 5.74) is 5.98. The number of methoxy groups -OCH3 is 1. The fourth-order valence-electron chi connectivity index (χ4n) is 2.80. The Morgan fingerprint density at radius 1 is 1.30 bits per heavy atom. The quantitative estimate of drug-likeness (QED) is 0.674. The lowest BCUT2D eigenvalue weighted by molar-refractivity contribution is 0.0729. The molecule has 0 atom stereocenters. The topological polar surface area (TPSA) is 111 Å². The Hall–Kier alpha value is -1.68. The zero-order chi connectivity index (χ0) is 20.1. The molecule has 3 N–H and O–H groups in total. The molecule has 1 aromatic rings. The molecule has 1 aromatic carbocycles. The highest BCUT2D eigenvalue weighted by molar-refractivity contribution is 7.89. The first-order valence-corrected chi connectivity index (χ1v) is 10.5. The Labute approximate surface area is 161 Å². The van der Waals surface area contributed by atoms with E-state index in [2.05, 4.69) is 5.32 Å². The van der Waals surface area contributed by atoms with E-state index in [4.69, 9.17) is 15.2 Å². The average Bonchev–Trinajstić information content (AvgIpc) is 2.71. The lowest BCUT2D eigenvalue weighted by Gasteiger charge is -2.27. The number of hydrogen-bond acceptors (Lipinski definition) is 6. The van der Waals surface area contributed by atoms with Gasteiger partial charge in [-0.15, -0.1) is 0 Å². The molecule has 0 spiro atoms. The molecule has 9 heteroatoms. The Morgan fingerprint density at radius 2 is 1.93 bits per heavy atom. The van der Waals surface area contributed by atoms with Crippen LogP contribution in [0.5, 0.6) is 5.75 Å². The molecule has 152 valence electrons. The SMILES string of the molecule is CCC(N)(CC)CNC(=O)c1ccc(OC)c(S(=O)(=O)N2CCOCC2)c1. The Morgan fingerprint density at radius 3 is 2.48 bits per heavy atom. The molecule has 0 aliphatic carbocycles. The summed E-state index contributed by atoms with van der Waals surface area (Å²) in [4.78, 5) is 12.5. The van der Waals surface area contributed by atoms with Gasteiger partial charge in [0.2, 0.25) is 10.0 Å². The number of nitrogens with two attached hydrogens (primary N) is 1. The minimum absolute atomic E-state index is 0.0236. The molecule has 0 saturated carbocycles. The zero-order valence-corrected chi connectivity index (χ0v) is 17.0. The number of nitrogens with one attached hydrogen (secondary N) is 1. The summed E-state index contributed by atoms with van der Waals surface area (Å²) < 4.78 is 37.8. The number of rotatable bonds is 8. The fourth-order valence-corrected chi connectivity index (χ4v) is 4.39. The molecule has 1 fully saturated rings. The van der Waals surface area contributed by atoms with Crippen molar-refractivity contribution in [2.45, 2.75) is 37.1 Å². The first kappa shape index (κ1) is 21.6. The maximum absolute atomic E-state index is 13.0. The van der Waals surface area contributed by atoms with Gasteiger partial charge in [-0.3, -0.25) is 4.79 Å². The standard InChI is InChI=1S/C18H29N3O5S/c1-4-18(19,5-2)13-20-17(22)14-6-7-15(25-3)16(12-14)27(23,24)21-8-10-26-11-9-21/h6-7,12H,4-5,8-11,13,19H2,1-3H3,(H,20,22). The molecular formula is C18H29N3O5S. The predicted molar refractivity (Wildman–Crippen MR) is 102 cm³/mol. The predicted octanol–water partition coefficient (Wildman–Crippen LogP) is 0.963. The molecule has 1 aliphatic rings. The number of hydrogen-bond donors (Lipinski definition) is 2. The average molecular weight is 400 g/mol. The third-order valence-electron chi connectivity index (χ3n) is 5.02. The molecule has 1 heterocycles. The summed E-state index contributed by atoms with van der Waals surface area (Å²) in [7, 11) is -2.39. The van der Waals surface area contributed by atoms with Crippen LogP contribution in [0.25, 0.3) is 0 Å². The third-order valence-corrected chi connectivity index (χ3v) is 6.94.